The molecule has 0 spiro atoms. The molecule has 0 bridgehead atoms. The molecular weight excluding hydrogens is 322 g/mol. The molecule has 1 aromatic heterocycles. The van der Waals surface area contributed by atoms with Gasteiger partial charge in [-0.15, -0.1) is 0 Å². The second kappa shape index (κ2) is 7.17. The maximum atomic E-state index is 12.3. The fourth-order valence-electron chi connectivity index (χ4n) is 3.17. The zero-order valence-corrected chi connectivity index (χ0v) is 13.8. The van der Waals surface area contributed by atoms with Crippen LogP contribution in [0.3, 0.4) is 0 Å². The molecule has 8 heteroatoms. The first kappa shape index (κ1) is 16.7. The number of aliphatic hydroxyl groups is 1. The summed E-state index contributed by atoms with van der Waals surface area (Å²) in [4.78, 5) is 16.2. The molecule has 0 aliphatic carbocycles. The van der Waals surface area contributed by atoms with Gasteiger partial charge in [0.1, 0.15) is 5.76 Å². The number of hydrogen-bond donors (Lipinski definition) is 1. The van der Waals surface area contributed by atoms with E-state index in [1.165, 1.54) is 0 Å². The SMILES string of the molecule is O=C(CCc1cc(Cl)no1)N1CCC(O)(CN2CCOCC2)C1. The number of carbonyl (C=O) groups is 1. The topological polar surface area (TPSA) is 79.0 Å². The fraction of sp³-hybridized carbons (Fsp3) is 0.733. The van der Waals surface area contributed by atoms with Gasteiger partial charge in [-0.05, 0) is 6.42 Å². The van der Waals surface area contributed by atoms with E-state index in [1.807, 2.05) is 0 Å². The molecule has 23 heavy (non-hydrogen) atoms. The summed E-state index contributed by atoms with van der Waals surface area (Å²) in [5.41, 5.74) is -0.817. The lowest BCUT2D eigenvalue weighted by Gasteiger charge is -2.33. The van der Waals surface area contributed by atoms with Crippen LogP contribution in [0.4, 0.5) is 0 Å². The van der Waals surface area contributed by atoms with Crippen molar-refractivity contribution in [1.82, 2.24) is 15.0 Å². The van der Waals surface area contributed by atoms with Crippen LogP contribution in [-0.2, 0) is 16.0 Å². The highest BCUT2D eigenvalue weighted by molar-refractivity contribution is 6.29. The number of ether oxygens (including phenoxy) is 1. The van der Waals surface area contributed by atoms with Gasteiger partial charge >= 0.3 is 0 Å². The van der Waals surface area contributed by atoms with Gasteiger partial charge in [-0.25, -0.2) is 0 Å². The van der Waals surface area contributed by atoms with Gasteiger partial charge in [0.15, 0.2) is 5.15 Å². The zero-order chi connectivity index (χ0) is 16.3. The Bertz CT molecular complexity index is 547. The molecule has 1 N–H and O–H groups in total. The van der Waals surface area contributed by atoms with Crippen LogP contribution in [0.15, 0.2) is 10.6 Å². The van der Waals surface area contributed by atoms with Gasteiger partial charge in [0, 0.05) is 45.1 Å². The van der Waals surface area contributed by atoms with E-state index in [-0.39, 0.29) is 5.91 Å². The van der Waals surface area contributed by atoms with Crippen molar-refractivity contribution >= 4 is 17.5 Å². The molecule has 2 aliphatic heterocycles. The minimum atomic E-state index is -0.817. The summed E-state index contributed by atoms with van der Waals surface area (Å²) in [6.45, 7) is 4.66. The van der Waals surface area contributed by atoms with Crippen LogP contribution in [0.1, 0.15) is 18.6 Å². The van der Waals surface area contributed by atoms with Gasteiger partial charge in [0.25, 0.3) is 0 Å². The van der Waals surface area contributed by atoms with Gasteiger partial charge in [-0.2, -0.15) is 0 Å². The quantitative estimate of drug-likeness (QED) is 0.841. The molecule has 0 radical (unpaired) electrons. The monoisotopic (exact) mass is 343 g/mol. The van der Waals surface area contributed by atoms with E-state index in [0.29, 0.717) is 63.0 Å². The molecule has 1 amide bonds. The van der Waals surface area contributed by atoms with Crippen LogP contribution in [0.25, 0.3) is 0 Å². The summed E-state index contributed by atoms with van der Waals surface area (Å²) in [6.07, 6.45) is 1.42. The standard InChI is InChI=1S/C15H22ClN3O4/c16-13-9-12(23-17-13)1-2-14(20)19-4-3-15(21,11-19)10-18-5-7-22-8-6-18/h9,21H,1-8,10-11H2. The molecule has 2 aliphatic rings. The van der Waals surface area contributed by atoms with Gasteiger partial charge in [0.05, 0.1) is 25.4 Å². The molecule has 0 aromatic carbocycles. The maximum absolute atomic E-state index is 12.3. The number of carbonyl (C=O) groups excluding carboxylic acids is 1. The van der Waals surface area contributed by atoms with Gasteiger partial charge in [-0.3, -0.25) is 9.69 Å². The molecule has 7 nitrogen and oxygen atoms in total. The van der Waals surface area contributed by atoms with Crippen molar-refractivity contribution in [2.75, 3.05) is 45.9 Å². The number of nitrogens with zero attached hydrogens (tertiary/aromatic N) is 3. The maximum Gasteiger partial charge on any atom is 0.223 e. The predicted octanol–water partition coefficient (Wildman–Crippen LogP) is 0.556. The number of β-amino-alcohol motifs (C(OH)–C–C–N with tert-alkyl or cyclic N) is 1. The number of rotatable bonds is 5. The average Bonchev–Trinajstić information content (AvgIpc) is 3.12. The number of halogens is 1. The smallest absolute Gasteiger partial charge is 0.223 e. The average molecular weight is 344 g/mol. The van der Waals surface area contributed by atoms with E-state index >= 15 is 0 Å². The van der Waals surface area contributed by atoms with Crippen LogP contribution in [0.2, 0.25) is 5.15 Å². The molecule has 0 saturated carbocycles. The third-order valence-electron chi connectivity index (χ3n) is 4.42. The lowest BCUT2D eigenvalue weighted by atomic mass is 10.0. The highest BCUT2D eigenvalue weighted by Crippen LogP contribution is 2.24. The Kier molecular flexibility index (Phi) is 5.21. The van der Waals surface area contributed by atoms with E-state index in [2.05, 4.69) is 10.1 Å². The van der Waals surface area contributed by atoms with E-state index < -0.39 is 5.60 Å². The molecule has 2 fully saturated rings. The predicted molar refractivity (Wildman–Crippen MR) is 83.2 cm³/mol. The van der Waals surface area contributed by atoms with E-state index in [1.54, 1.807) is 11.0 Å². The second-order valence-electron chi connectivity index (χ2n) is 6.29. The van der Waals surface area contributed by atoms with Crippen LogP contribution < -0.4 is 0 Å². The lowest BCUT2D eigenvalue weighted by molar-refractivity contribution is -0.131. The first-order valence-corrected chi connectivity index (χ1v) is 8.33. The Balaban J connectivity index is 1.46. The molecule has 1 atom stereocenters. The number of aromatic nitrogens is 1. The van der Waals surface area contributed by atoms with Crippen molar-refractivity contribution in [1.29, 1.82) is 0 Å². The summed E-state index contributed by atoms with van der Waals surface area (Å²) in [6, 6.07) is 1.62. The largest absolute Gasteiger partial charge is 0.387 e. The molecular formula is C15H22ClN3O4. The number of likely N-dealkylation sites (tertiary alicyclic amines) is 1. The van der Waals surface area contributed by atoms with Crippen molar-refractivity contribution in [3.05, 3.63) is 17.0 Å². The molecule has 128 valence electrons. The van der Waals surface area contributed by atoms with Crippen LogP contribution in [-0.4, -0.2) is 77.5 Å². The minimum Gasteiger partial charge on any atom is -0.387 e. The normalized spacial score (nSPS) is 25.9. The van der Waals surface area contributed by atoms with E-state index in [9.17, 15) is 9.90 Å². The molecule has 1 unspecified atom stereocenters. The van der Waals surface area contributed by atoms with Gasteiger partial charge in [0.2, 0.25) is 5.91 Å². The molecule has 1 aromatic rings. The number of amides is 1. The Labute approximate surface area is 140 Å². The Morgan fingerprint density at radius 2 is 2.17 bits per heavy atom. The highest BCUT2D eigenvalue weighted by Gasteiger charge is 2.39. The Morgan fingerprint density at radius 1 is 1.39 bits per heavy atom. The van der Waals surface area contributed by atoms with E-state index in [4.69, 9.17) is 20.9 Å². The van der Waals surface area contributed by atoms with Crippen LogP contribution in [0.5, 0.6) is 0 Å². The first-order chi connectivity index (χ1) is 11.0. The van der Waals surface area contributed by atoms with Crippen molar-refractivity contribution in [3.8, 4) is 0 Å². The number of aryl methyl sites for hydroxylation is 1. The van der Waals surface area contributed by atoms with Crippen LogP contribution in [0, 0.1) is 0 Å². The van der Waals surface area contributed by atoms with Gasteiger partial charge in [-0.1, -0.05) is 16.8 Å². The summed E-state index contributed by atoms with van der Waals surface area (Å²) < 4.78 is 10.3. The summed E-state index contributed by atoms with van der Waals surface area (Å²) >= 11 is 5.69. The molecule has 3 rings (SSSR count). The number of hydrogen-bond acceptors (Lipinski definition) is 6. The van der Waals surface area contributed by atoms with Crippen molar-refractivity contribution in [2.24, 2.45) is 0 Å². The highest BCUT2D eigenvalue weighted by atomic mass is 35.5. The third kappa shape index (κ3) is 4.44. The summed E-state index contributed by atoms with van der Waals surface area (Å²) in [7, 11) is 0. The lowest BCUT2D eigenvalue weighted by Crippen LogP contribution is -2.49. The van der Waals surface area contributed by atoms with Crippen molar-refractivity contribution in [3.63, 3.8) is 0 Å². The number of morpholine rings is 1. The Hall–Kier alpha value is -1.15. The second-order valence-corrected chi connectivity index (χ2v) is 6.68. The third-order valence-corrected chi connectivity index (χ3v) is 4.60. The summed E-state index contributed by atoms with van der Waals surface area (Å²) in [5, 5.41) is 14.6. The molecule has 3 heterocycles. The summed E-state index contributed by atoms with van der Waals surface area (Å²) in [5.74, 6) is 0.626. The van der Waals surface area contributed by atoms with Crippen molar-refractivity contribution < 1.29 is 19.2 Å². The van der Waals surface area contributed by atoms with Gasteiger partial charge < -0.3 is 19.3 Å². The van der Waals surface area contributed by atoms with Crippen LogP contribution >= 0.6 is 11.6 Å². The van der Waals surface area contributed by atoms with E-state index in [0.717, 1.165) is 13.1 Å². The zero-order valence-electron chi connectivity index (χ0n) is 13.0. The first-order valence-electron chi connectivity index (χ1n) is 7.95. The Morgan fingerprint density at radius 3 is 2.87 bits per heavy atom. The van der Waals surface area contributed by atoms with Crippen molar-refractivity contribution in [2.45, 2.75) is 24.9 Å². The minimum absolute atomic E-state index is 0.0235. The molecule has 2 saturated heterocycles. The fourth-order valence-corrected chi connectivity index (χ4v) is 3.32.